The van der Waals surface area contributed by atoms with Crippen LogP contribution in [0.4, 0.5) is 29.1 Å². The summed E-state index contributed by atoms with van der Waals surface area (Å²) >= 11 is 0. The first-order valence-corrected chi connectivity index (χ1v) is 10.1. The van der Waals surface area contributed by atoms with Crippen LogP contribution < -0.4 is 15.5 Å². The number of aromatic nitrogens is 1. The van der Waals surface area contributed by atoms with Crippen molar-refractivity contribution in [2.24, 2.45) is 0 Å². The lowest BCUT2D eigenvalue weighted by Crippen LogP contribution is -2.40. The molecule has 1 fully saturated rings. The number of nitrogens with zero attached hydrogens (tertiary/aromatic N) is 2. The molecule has 0 atom stereocenters. The van der Waals surface area contributed by atoms with Crippen LogP contribution in [-0.4, -0.2) is 37.1 Å². The molecule has 0 unspecified atom stereocenters. The highest BCUT2D eigenvalue weighted by Crippen LogP contribution is 2.32. The molecule has 1 amide bonds. The van der Waals surface area contributed by atoms with Gasteiger partial charge in [-0.1, -0.05) is 0 Å². The molecule has 2 N–H and O–H groups in total. The van der Waals surface area contributed by atoms with Gasteiger partial charge < -0.3 is 15.5 Å². The van der Waals surface area contributed by atoms with E-state index in [1.807, 2.05) is 38.2 Å². The minimum absolute atomic E-state index is 0. The van der Waals surface area contributed by atoms with E-state index >= 15 is 0 Å². The number of aryl methyl sites for hydroxylation is 1. The minimum atomic E-state index is -4.85. The summed E-state index contributed by atoms with van der Waals surface area (Å²) < 4.78 is 52.1. The summed E-state index contributed by atoms with van der Waals surface area (Å²) in [6.45, 7) is 2.00. The standard InChI is InChI=1S/C22H26F4N4O.ClH/c1-13-12-27-20(11-19(13)30(2)3)28-15-5-7-16(8-6-15)29-21(31)14-4-9-18(23)17(10-14)22(24,25)26;/h4,9-12,15-16H,5-8H2,1-3H3,(H,27,28)(H,29,31);1H/t15-,16+;. The van der Waals surface area contributed by atoms with Gasteiger partial charge >= 0.3 is 6.18 Å². The van der Waals surface area contributed by atoms with Crippen LogP contribution in [0.3, 0.4) is 0 Å². The van der Waals surface area contributed by atoms with Crippen LogP contribution in [0.25, 0.3) is 0 Å². The molecule has 1 aliphatic rings. The van der Waals surface area contributed by atoms with Gasteiger partial charge in [0.25, 0.3) is 5.91 Å². The monoisotopic (exact) mass is 474 g/mol. The average Bonchev–Trinajstić information content (AvgIpc) is 2.70. The van der Waals surface area contributed by atoms with Gasteiger partial charge in [-0.05, 0) is 56.4 Å². The topological polar surface area (TPSA) is 57.3 Å². The lowest BCUT2D eigenvalue weighted by atomic mass is 9.91. The van der Waals surface area contributed by atoms with Crippen LogP contribution in [0.5, 0.6) is 0 Å². The molecule has 0 aliphatic heterocycles. The first-order chi connectivity index (χ1) is 14.5. The van der Waals surface area contributed by atoms with Gasteiger partial charge in [0.05, 0.1) is 5.56 Å². The van der Waals surface area contributed by atoms with Crippen molar-refractivity contribution in [3.05, 3.63) is 53.0 Å². The van der Waals surface area contributed by atoms with E-state index in [9.17, 15) is 22.4 Å². The smallest absolute Gasteiger partial charge is 0.377 e. The molecule has 1 heterocycles. The highest BCUT2D eigenvalue weighted by atomic mass is 35.5. The molecule has 2 aromatic rings. The fourth-order valence-electron chi connectivity index (χ4n) is 3.82. The number of benzene rings is 1. The fraction of sp³-hybridized carbons (Fsp3) is 0.455. The second-order valence-corrected chi connectivity index (χ2v) is 8.11. The van der Waals surface area contributed by atoms with Gasteiger partial charge in [0.1, 0.15) is 11.6 Å². The van der Waals surface area contributed by atoms with Gasteiger partial charge in [-0.25, -0.2) is 9.37 Å². The summed E-state index contributed by atoms with van der Waals surface area (Å²) in [5.41, 5.74) is 0.525. The lowest BCUT2D eigenvalue weighted by Gasteiger charge is -2.30. The van der Waals surface area contributed by atoms with Gasteiger partial charge in [-0.2, -0.15) is 13.2 Å². The van der Waals surface area contributed by atoms with Gasteiger partial charge in [0.2, 0.25) is 0 Å². The summed E-state index contributed by atoms with van der Waals surface area (Å²) in [6, 6.07) is 4.35. The molecule has 3 rings (SSSR count). The van der Waals surface area contributed by atoms with Gasteiger partial charge in [0, 0.05) is 49.7 Å². The summed E-state index contributed by atoms with van der Waals surface area (Å²) in [7, 11) is 3.94. The second-order valence-electron chi connectivity index (χ2n) is 8.11. The number of rotatable bonds is 5. The van der Waals surface area contributed by atoms with Crippen LogP contribution >= 0.6 is 12.4 Å². The third kappa shape index (κ3) is 6.25. The van der Waals surface area contributed by atoms with E-state index in [1.54, 1.807) is 0 Å². The number of hydrogen-bond donors (Lipinski definition) is 2. The normalized spacial score (nSPS) is 18.5. The van der Waals surface area contributed by atoms with Gasteiger partial charge in [-0.3, -0.25) is 4.79 Å². The summed E-state index contributed by atoms with van der Waals surface area (Å²) in [4.78, 5) is 18.8. The van der Waals surface area contributed by atoms with Crippen molar-refractivity contribution in [2.75, 3.05) is 24.3 Å². The third-order valence-corrected chi connectivity index (χ3v) is 5.50. The number of carbonyl (C=O) groups excluding carboxylic acids is 1. The number of nitrogens with one attached hydrogen (secondary N) is 2. The van der Waals surface area contributed by atoms with Crippen LogP contribution in [0.15, 0.2) is 30.5 Å². The molecule has 32 heavy (non-hydrogen) atoms. The van der Waals surface area contributed by atoms with E-state index < -0.39 is 23.5 Å². The van der Waals surface area contributed by atoms with Gasteiger partial charge in [-0.15, -0.1) is 12.4 Å². The Morgan fingerprint density at radius 2 is 1.72 bits per heavy atom. The van der Waals surface area contributed by atoms with E-state index in [0.29, 0.717) is 25.0 Å². The number of alkyl halides is 3. The first kappa shape index (κ1) is 25.7. The molecule has 1 saturated carbocycles. The Morgan fingerprint density at radius 1 is 1.09 bits per heavy atom. The Balaban J connectivity index is 0.00000363. The number of pyridine rings is 1. The molecule has 0 radical (unpaired) electrons. The minimum Gasteiger partial charge on any atom is -0.377 e. The molecule has 1 aromatic heterocycles. The maximum atomic E-state index is 13.4. The quantitative estimate of drug-likeness (QED) is 0.586. The third-order valence-electron chi connectivity index (χ3n) is 5.50. The second kappa shape index (κ2) is 10.4. The SMILES string of the molecule is Cc1cnc(N[C@H]2CC[C@@H](NC(=O)c3ccc(F)c(C(F)(F)F)c3)CC2)cc1N(C)C.Cl. The summed E-state index contributed by atoms with van der Waals surface area (Å²) in [5, 5.41) is 6.19. The molecule has 1 aliphatic carbocycles. The summed E-state index contributed by atoms with van der Waals surface area (Å²) in [5.74, 6) is -1.23. The van der Waals surface area contributed by atoms with E-state index in [-0.39, 0.29) is 30.1 Å². The van der Waals surface area contributed by atoms with Crippen molar-refractivity contribution in [1.82, 2.24) is 10.3 Å². The molecule has 0 spiro atoms. The number of carbonyl (C=O) groups is 1. The predicted octanol–water partition coefficient (Wildman–Crippen LogP) is 5.19. The van der Waals surface area contributed by atoms with E-state index in [0.717, 1.165) is 36.0 Å². The first-order valence-electron chi connectivity index (χ1n) is 10.1. The largest absolute Gasteiger partial charge is 0.419 e. The van der Waals surface area contributed by atoms with Crippen molar-refractivity contribution >= 4 is 29.8 Å². The average molecular weight is 475 g/mol. The van der Waals surface area contributed by atoms with Gasteiger partial charge in [0.15, 0.2) is 0 Å². The van der Waals surface area contributed by atoms with Crippen LogP contribution in [0, 0.1) is 12.7 Å². The van der Waals surface area contributed by atoms with Crippen molar-refractivity contribution in [3.8, 4) is 0 Å². The van der Waals surface area contributed by atoms with Crippen molar-refractivity contribution < 1.29 is 22.4 Å². The Bertz CT molecular complexity index is 944. The van der Waals surface area contributed by atoms with Crippen molar-refractivity contribution in [2.45, 2.75) is 50.9 Å². The van der Waals surface area contributed by atoms with E-state index in [4.69, 9.17) is 0 Å². The highest BCUT2D eigenvalue weighted by molar-refractivity contribution is 5.94. The van der Waals surface area contributed by atoms with Crippen molar-refractivity contribution in [1.29, 1.82) is 0 Å². The van der Waals surface area contributed by atoms with E-state index in [2.05, 4.69) is 15.6 Å². The zero-order valence-electron chi connectivity index (χ0n) is 18.1. The number of amides is 1. The van der Waals surface area contributed by atoms with Crippen molar-refractivity contribution in [3.63, 3.8) is 0 Å². The molecule has 10 heteroatoms. The molecule has 176 valence electrons. The maximum Gasteiger partial charge on any atom is 0.419 e. The number of anilines is 2. The Labute approximate surface area is 191 Å². The number of halogens is 5. The molecular formula is C22H27ClF4N4O. The fourth-order valence-corrected chi connectivity index (χ4v) is 3.82. The highest BCUT2D eigenvalue weighted by Gasteiger charge is 2.35. The Morgan fingerprint density at radius 3 is 2.31 bits per heavy atom. The zero-order chi connectivity index (χ0) is 22.8. The molecule has 0 bridgehead atoms. The molecular weight excluding hydrogens is 448 g/mol. The summed E-state index contributed by atoms with van der Waals surface area (Å²) in [6.07, 6.45) is -0.0850. The van der Waals surface area contributed by atoms with E-state index in [1.165, 1.54) is 0 Å². The Kier molecular flexibility index (Phi) is 8.34. The molecule has 0 saturated heterocycles. The Hall–Kier alpha value is -2.55. The van der Waals surface area contributed by atoms with Crippen LogP contribution in [-0.2, 0) is 6.18 Å². The van der Waals surface area contributed by atoms with Crippen LogP contribution in [0.1, 0.15) is 47.2 Å². The predicted molar refractivity (Wildman–Crippen MR) is 119 cm³/mol. The maximum absolute atomic E-state index is 13.4. The van der Waals surface area contributed by atoms with Crippen LogP contribution in [0.2, 0.25) is 0 Å². The lowest BCUT2D eigenvalue weighted by molar-refractivity contribution is -0.140. The zero-order valence-corrected chi connectivity index (χ0v) is 18.9. The number of hydrogen-bond acceptors (Lipinski definition) is 4. The molecule has 5 nitrogen and oxygen atoms in total. The molecule has 1 aromatic carbocycles.